The van der Waals surface area contributed by atoms with Gasteiger partial charge in [-0.1, -0.05) is 30.3 Å². The van der Waals surface area contributed by atoms with E-state index in [1.165, 1.54) is 25.3 Å². The molecule has 1 amide bonds. The molecule has 0 bridgehead atoms. The quantitative estimate of drug-likeness (QED) is 0.751. The lowest BCUT2D eigenvalue weighted by atomic mass is 10.1. The second-order valence-electron chi connectivity index (χ2n) is 7.15. The zero-order valence-corrected chi connectivity index (χ0v) is 15.7. The Morgan fingerprint density at radius 1 is 0.963 bits per heavy atom. The number of rotatable bonds is 4. The number of hydrogen-bond acceptors (Lipinski definition) is 2. The summed E-state index contributed by atoms with van der Waals surface area (Å²) in [5, 5.41) is 5.23. The number of benzene rings is 3. The van der Waals surface area contributed by atoms with Gasteiger partial charge in [0.1, 0.15) is 0 Å². The molecule has 4 heteroatoms. The van der Waals surface area contributed by atoms with Gasteiger partial charge in [0.2, 0.25) is 0 Å². The maximum Gasteiger partial charge on any atom is 0.255 e. The number of likely N-dealkylation sites (N-methyl/N-ethyl adjacent to an activating group) is 1. The van der Waals surface area contributed by atoms with Gasteiger partial charge in [-0.3, -0.25) is 4.79 Å². The molecule has 3 aromatic rings. The van der Waals surface area contributed by atoms with E-state index in [1.807, 2.05) is 48.5 Å². The molecule has 2 N–H and O–H groups in total. The van der Waals surface area contributed by atoms with Gasteiger partial charge in [-0.05, 0) is 54.1 Å². The number of nitrogens with one attached hydrogen (secondary N) is 2. The number of fused-ring (bicyclic) bond motifs is 1. The van der Waals surface area contributed by atoms with Crippen LogP contribution in [-0.2, 0) is 0 Å². The average molecular weight is 360 g/mol. The summed E-state index contributed by atoms with van der Waals surface area (Å²) in [5.41, 5.74) is 2.74. The van der Waals surface area contributed by atoms with Crippen molar-refractivity contribution in [2.45, 2.75) is 6.92 Å². The van der Waals surface area contributed by atoms with Crippen molar-refractivity contribution in [3.63, 3.8) is 0 Å². The van der Waals surface area contributed by atoms with E-state index in [0.717, 1.165) is 29.5 Å². The highest BCUT2D eigenvalue weighted by atomic mass is 16.1. The third kappa shape index (κ3) is 3.96. The van der Waals surface area contributed by atoms with Gasteiger partial charge in [-0.25, -0.2) is 0 Å². The number of carbonyl (C=O) groups excluding carboxylic acids is 1. The zero-order valence-electron chi connectivity index (χ0n) is 15.7. The summed E-state index contributed by atoms with van der Waals surface area (Å²) in [4.78, 5) is 16.7. The van der Waals surface area contributed by atoms with E-state index in [0.29, 0.717) is 5.56 Å². The minimum Gasteiger partial charge on any atom is -0.360 e. The van der Waals surface area contributed by atoms with Crippen molar-refractivity contribution in [1.82, 2.24) is 0 Å². The topological polar surface area (TPSA) is 36.8 Å². The molecule has 0 saturated carbocycles. The fourth-order valence-electron chi connectivity index (χ4n) is 3.72. The molecule has 1 aliphatic heterocycles. The summed E-state index contributed by atoms with van der Waals surface area (Å²) in [6.07, 6.45) is 0. The lowest BCUT2D eigenvalue weighted by molar-refractivity contribution is -0.898. The van der Waals surface area contributed by atoms with Crippen LogP contribution >= 0.6 is 0 Å². The van der Waals surface area contributed by atoms with Crippen LogP contribution in [0, 0.1) is 0 Å². The molecule has 0 aromatic heterocycles. The Morgan fingerprint density at radius 2 is 1.67 bits per heavy atom. The molecule has 3 aromatic carbocycles. The van der Waals surface area contributed by atoms with Crippen LogP contribution in [0.25, 0.3) is 10.8 Å². The summed E-state index contributed by atoms with van der Waals surface area (Å²) in [7, 11) is 0. The summed E-state index contributed by atoms with van der Waals surface area (Å²) >= 11 is 0. The maximum absolute atomic E-state index is 12.6. The zero-order chi connectivity index (χ0) is 18.6. The molecule has 0 atom stereocenters. The lowest BCUT2D eigenvalue weighted by Gasteiger charge is -2.33. The van der Waals surface area contributed by atoms with Gasteiger partial charge < -0.3 is 15.1 Å². The molecule has 4 nitrogen and oxygen atoms in total. The molecule has 0 radical (unpaired) electrons. The van der Waals surface area contributed by atoms with Crippen LogP contribution in [0.15, 0.2) is 66.7 Å². The third-order valence-corrected chi connectivity index (χ3v) is 5.47. The first-order valence-corrected chi connectivity index (χ1v) is 9.71. The van der Waals surface area contributed by atoms with Crippen LogP contribution in [0.4, 0.5) is 11.4 Å². The second-order valence-corrected chi connectivity index (χ2v) is 7.15. The molecule has 1 aliphatic rings. The fraction of sp³-hybridized carbons (Fsp3) is 0.261. The highest BCUT2D eigenvalue weighted by Crippen LogP contribution is 2.20. The first kappa shape index (κ1) is 17.6. The number of amides is 1. The van der Waals surface area contributed by atoms with Crippen molar-refractivity contribution in [3.8, 4) is 0 Å². The van der Waals surface area contributed by atoms with Crippen molar-refractivity contribution in [2.75, 3.05) is 42.9 Å². The monoisotopic (exact) mass is 360 g/mol. The highest BCUT2D eigenvalue weighted by Gasteiger charge is 2.18. The van der Waals surface area contributed by atoms with Gasteiger partial charge in [0.25, 0.3) is 5.91 Å². The van der Waals surface area contributed by atoms with Gasteiger partial charge in [0.15, 0.2) is 0 Å². The first-order valence-electron chi connectivity index (χ1n) is 9.71. The van der Waals surface area contributed by atoms with E-state index >= 15 is 0 Å². The Balaban J connectivity index is 1.42. The van der Waals surface area contributed by atoms with Gasteiger partial charge in [-0.15, -0.1) is 0 Å². The van der Waals surface area contributed by atoms with Crippen LogP contribution < -0.4 is 15.1 Å². The van der Waals surface area contributed by atoms with Crippen LogP contribution in [0.5, 0.6) is 0 Å². The van der Waals surface area contributed by atoms with Crippen molar-refractivity contribution in [2.24, 2.45) is 0 Å². The molecule has 4 rings (SSSR count). The van der Waals surface area contributed by atoms with Crippen LogP contribution in [0.1, 0.15) is 17.3 Å². The largest absolute Gasteiger partial charge is 0.360 e. The van der Waals surface area contributed by atoms with E-state index in [1.54, 1.807) is 4.90 Å². The molecule has 1 heterocycles. The van der Waals surface area contributed by atoms with E-state index in [2.05, 4.69) is 35.3 Å². The smallest absolute Gasteiger partial charge is 0.255 e. The number of nitrogens with zero attached hydrogens (tertiary/aromatic N) is 1. The van der Waals surface area contributed by atoms with Crippen molar-refractivity contribution in [1.29, 1.82) is 0 Å². The number of quaternary nitrogens is 1. The molecule has 1 saturated heterocycles. The predicted molar refractivity (Wildman–Crippen MR) is 112 cm³/mol. The van der Waals surface area contributed by atoms with E-state index in [4.69, 9.17) is 0 Å². The van der Waals surface area contributed by atoms with E-state index < -0.39 is 0 Å². The number of carbonyl (C=O) groups is 1. The molecule has 1 fully saturated rings. The number of piperazine rings is 1. The summed E-state index contributed by atoms with van der Waals surface area (Å²) < 4.78 is 0. The van der Waals surface area contributed by atoms with Gasteiger partial charge in [0.05, 0.1) is 32.7 Å². The van der Waals surface area contributed by atoms with Crippen molar-refractivity contribution in [3.05, 3.63) is 72.3 Å². The van der Waals surface area contributed by atoms with Gasteiger partial charge >= 0.3 is 0 Å². The Bertz CT molecular complexity index is 928. The molecule has 0 spiro atoms. The molecule has 27 heavy (non-hydrogen) atoms. The Labute approximate surface area is 160 Å². The normalized spacial score (nSPS) is 15.1. The van der Waals surface area contributed by atoms with Crippen LogP contribution in [-0.4, -0.2) is 38.6 Å². The number of hydrogen-bond donors (Lipinski definition) is 2. The Hall–Kier alpha value is -2.85. The van der Waals surface area contributed by atoms with E-state index in [-0.39, 0.29) is 5.91 Å². The summed E-state index contributed by atoms with van der Waals surface area (Å²) in [5.74, 6) is -0.0753. The van der Waals surface area contributed by atoms with Crippen molar-refractivity contribution < 1.29 is 9.69 Å². The standard InChI is InChI=1S/C23H25N3O/c1-2-25-13-15-26(16-14-25)22-11-9-21(10-12-22)24-23(27)20-8-7-18-5-3-4-6-19(18)17-20/h3-12,17H,2,13-16H2,1H3,(H,24,27)/p+1. The maximum atomic E-state index is 12.6. The fourth-order valence-corrected chi connectivity index (χ4v) is 3.72. The third-order valence-electron chi connectivity index (χ3n) is 5.47. The number of anilines is 2. The SMILES string of the molecule is CC[NH+]1CCN(c2ccc(NC(=O)c3ccc4ccccc4c3)cc2)CC1. The lowest BCUT2D eigenvalue weighted by Crippen LogP contribution is -3.14. The summed E-state index contributed by atoms with van der Waals surface area (Å²) in [6, 6.07) is 22.1. The second kappa shape index (κ2) is 7.80. The van der Waals surface area contributed by atoms with Crippen molar-refractivity contribution >= 4 is 28.1 Å². The van der Waals surface area contributed by atoms with E-state index in [9.17, 15) is 4.79 Å². The molecular weight excluding hydrogens is 334 g/mol. The first-order chi connectivity index (χ1) is 13.2. The van der Waals surface area contributed by atoms with Gasteiger partial charge in [-0.2, -0.15) is 0 Å². The molecule has 138 valence electrons. The molecule has 0 aliphatic carbocycles. The van der Waals surface area contributed by atoms with Crippen LogP contribution in [0.3, 0.4) is 0 Å². The Kier molecular flexibility index (Phi) is 5.07. The van der Waals surface area contributed by atoms with Crippen LogP contribution in [0.2, 0.25) is 0 Å². The average Bonchev–Trinajstić information content (AvgIpc) is 2.74. The minimum absolute atomic E-state index is 0.0753. The Morgan fingerprint density at radius 3 is 2.37 bits per heavy atom. The highest BCUT2D eigenvalue weighted by molar-refractivity contribution is 6.06. The predicted octanol–water partition coefficient (Wildman–Crippen LogP) is 2.82. The minimum atomic E-state index is -0.0753. The van der Waals surface area contributed by atoms with Gasteiger partial charge in [0, 0.05) is 16.9 Å². The summed E-state index contributed by atoms with van der Waals surface area (Å²) in [6.45, 7) is 8.01. The molecular formula is C23H26N3O+. The molecule has 0 unspecified atom stereocenters.